The van der Waals surface area contributed by atoms with Crippen LogP contribution in [0, 0.1) is 0 Å². The first-order chi connectivity index (χ1) is 8.13. The van der Waals surface area contributed by atoms with Crippen LogP contribution in [0.1, 0.15) is 39.0 Å². The first-order valence-corrected chi connectivity index (χ1v) is 7.01. The molecular formula is C11H20O4S2. The molecule has 0 heterocycles. The van der Waals surface area contributed by atoms with Crippen molar-refractivity contribution in [2.24, 2.45) is 0 Å². The van der Waals surface area contributed by atoms with E-state index in [0.29, 0.717) is 43.6 Å². The van der Waals surface area contributed by atoms with Gasteiger partial charge in [0.15, 0.2) is 0 Å². The molecule has 0 rings (SSSR count). The molecular weight excluding hydrogens is 260 g/mol. The lowest BCUT2D eigenvalue weighted by atomic mass is 10.3. The first-order valence-electron chi connectivity index (χ1n) is 5.74. The zero-order valence-corrected chi connectivity index (χ0v) is 11.8. The fourth-order valence-electron chi connectivity index (χ4n) is 1.05. The van der Waals surface area contributed by atoms with Crippen molar-refractivity contribution in [3.8, 4) is 0 Å². The number of ether oxygens (including phenoxy) is 2. The Morgan fingerprint density at radius 2 is 1.41 bits per heavy atom. The largest absolute Gasteiger partial charge is 0.425 e. The van der Waals surface area contributed by atoms with Crippen LogP contribution in [0.15, 0.2) is 0 Å². The van der Waals surface area contributed by atoms with Crippen LogP contribution in [0.4, 0.5) is 0 Å². The molecule has 0 aromatic rings. The minimum Gasteiger partial charge on any atom is -0.425 e. The Balaban J connectivity index is 3.89. The predicted molar refractivity (Wildman–Crippen MR) is 72.4 cm³/mol. The second-order valence-corrected chi connectivity index (χ2v) is 4.37. The van der Waals surface area contributed by atoms with E-state index in [9.17, 15) is 9.59 Å². The molecule has 0 aromatic heterocycles. The summed E-state index contributed by atoms with van der Waals surface area (Å²) in [4.78, 5) is 22.6. The highest BCUT2D eigenvalue weighted by Gasteiger charge is 2.16. The van der Waals surface area contributed by atoms with Gasteiger partial charge >= 0.3 is 11.9 Å². The van der Waals surface area contributed by atoms with Gasteiger partial charge in [0.05, 0.1) is 0 Å². The van der Waals surface area contributed by atoms with Crippen LogP contribution in [0.2, 0.25) is 0 Å². The Hall–Kier alpha value is -0.360. The van der Waals surface area contributed by atoms with E-state index < -0.39 is 6.29 Å². The van der Waals surface area contributed by atoms with Crippen LogP contribution in [0.3, 0.4) is 0 Å². The van der Waals surface area contributed by atoms with Gasteiger partial charge in [-0.25, -0.2) is 0 Å². The Morgan fingerprint density at radius 1 is 1.00 bits per heavy atom. The van der Waals surface area contributed by atoms with E-state index in [0.717, 1.165) is 0 Å². The molecule has 0 N–H and O–H groups in total. The number of esters is 2. The third-order valence-corrected chi connectivity index (χ3v) is 2.57. The lowest BCUT2D eigenvalue weighted by molar-refractivity contribution is -0.188. The van der Waals surface area contributed by atoms with Crippen molar-refractivity contribution in [3.63, 3.8) is 0 Å². The molecule has 0 fully saturated rings. The van der Waals surface area contributed by atoms with Crippen molar-refractivity contribution in [1.29, 1.82) is 0 Å². The van der Waals surface area contributed by atoms with Crippen LogP contribution >= 0.6 is 25.3 Å². The number of hydrogen-bond acceptors (Lipinski definition) is 6. The fourth-order valence-corrected chi connectivity index (χ4v) is 1.36. The molecule has 0 amide bonds. The fraction of sp³-hybridized carbons (Fsp3) is 0.818. The molecule has 100 valence electrons. The van der Waals surface area contributed by atoms with E-state index in [-0.39, 0.29) is 11.9 Å². The second-order valence-electron chi connectivity index (χ2n) is 3.47. The molecule has 0 aliphatic carbocycles. The van der Waals surface area contributed by atoms with E-state index in [4.69, 9.17) is 9.47 Å². The zero-order valence-electron chi connectivity index (χ0n) is 10.1. The molecule has 0 aliphatic heterocycles. The molecule has 0 radical (unpaired) electrons. The molecule has 17 heavy (non-hydrogen) atoms. The van der Waals surface area contributed by atoms with Crippen molar-refractivity contribution in [2.75, 3.05) is 11.5 Å². The monoisotopic (exact) mass is 280 g/mol. The van der Waals surface area contributed by atoms with Gasteiger partial charge in [0.1, 0.15) is 0 Å². The summed E-state index contributed by atoms with van der Waals surface area (Å²) in [5, 5.41) is 0. The Labute approximate surface area is 113 Å². The minimum atomic E-state index is -0.769. The number of thiol groups is 2. The van der Waals surface area contributed by atoms with Crippen LogP contribution in [-0.4, -0.2) is 29.7 Å². The Bertz CT molecular complexity index is 212. The molecule has 0 saturated heterocycles. The van der Waals surface area contributed by atoms with Gasteiger partial charge in [-0.3, -0.25) is 9.59 Å². The van der Waals surface area contributed by atoms with Crippen LogP contribution in [-0.2, 0) is 19.1 Å². The SMILES string of the molecule is CCC(OC(=O)CCCS)OC(=O)CCCS. The van der Waals surface area contributed by atoms with Crippen LogP contribution in [0.25, 0.3) is 0 Å². The zero-order chi connectivity index (χ0) is 13.1. The van der Waals surface area contributed by atoms with E-state index >= 15 is 0 Å². The van der Waals surface area contributed by atoms with Crippen molar-refractivity contribution in [3.05, 3.63) is 0 Å². The lowest BCUT2D eigenvalue weighted by Gasteiger charge is -2.16. The standard InChI is InChI=1S/C11H20O4S2/c1-2-11(14-9(12)5-3-7-16)15-10(13)6-4-8-17/h11,16-17H,2-8H2,1H3. The highest BCUT2D eigenvalue weighted by Crippen LogP contribution is 2.07. The van der Waals surface area contributed by atoms with Gasteiger partial charge < -0.3 is 9.47 Å². The van der Waals surface area contributed by atoms with E-state index in [1.165, 1.54) is 0 Å². The molecule has 0 unspecified atom stereocenters. The van der Waals surface area contributed by atoms with E-state index in [1.54, 1.807) is 6.92 Å². The summed E-state index contributed by atoms with van der Waals surface area (Å²) in [7, 11) is 0. The van der Waals surface area contributed by atoms with Crippen molar-refractivity contribution < 1.29 is 19.1 Å². The highest BCUT2D eigenvalue weighted by atomic mass is 32.1. The molecule has 0 aliphatic rings. The molecule has 0 bridgehead atoms. The molecule has 0 saturated carbocycles. The number of carbonyl (C=O) groups excluding carboxylic acids is 2. The Morgan fingerprint density at radius 3 is 1.71 bits per heavy atom. The summed E-state index contributed by atoms with van der Waals surface area (Å²) in [6.45, 7) is 1.79. The topological polar surface area (TPSA) is 52.6 Å². The van der Waals surface area contributed by atoms with Gasteiger partial charge in [0.25, 0.3) is 0 Å². The first kappa shape index (κ1) is 16.6. The minimum absolute atomic E-state index is 0.300. The van der Waals surface area contributed by atoms with Crippen molar-refractivity contribution in [1.82, 2.24) is 0 Å². The van der Waals surface area contributed by atoms with Gasteiger partial charge in [-0.05, 0) is 24.3 Å². The third kappa shape index (κ3) is 9.35. The maximum absolute atomic E-state index is 11.3. The van der Waals surface area contributed by atoms with Crippen LogP contribution < -0.4 is 0 Å². The maximum Gasteiger partial charge on any atom is 0.308 e. The van der Waals surface area contributed by atoms with Gasteiger partial charge in [0.2, 0.25) is 6.29 Å². The summed E-state index contributed by atoms with van der Waals surface area (Å²) in [5.74, 6) is 0.558. The molecule has 6 heteroatoms. The van der Waals surface area contributed by atoms with Crippen molar-refractivity contribution >= 4 is 37.2 Å². The van der Waals surface area contributed by atoms with Gasteiger partial charge in [-0.1, -0.05) is 6.92 Å². The summed E-state index contributed by atoms with van der Waals surface area (Å²) in [6, 6.07) is 0. The number of carbonyl (C=O) groups is 2. The molecule has 0 aromatic carbocycles. The normalized spacial score (nSPS) is 10.4. The average molecular weight is 280 g/mol. The summed E-state index contributed by atoms with van der Waals surface area (Å²) >= 11 is 8.00. The van der Waals surface area contributed by atoms with E-state index in [2.05, 4.69) is 25.3 Å². The van der Waals surface area contributed by atoms with Gasteiger partial charge in [-0.15, -0.1) is 0 Å². The van der Waals surface area contributed by atoms with Gasteiger partial charge in [0, 0.05) is 19.3 Å². The number of rotatable bonds is 9. The highest BCUT2D eigenvalue weighted by molar-refractivity contribution is 7.80. The average Bonchev–Trinajstić information content (AvgIpc) is 2.32. The molecule has 0 spiro atoms. The third-order valence-electron chi connectivity index (χ3n) is 1.94. The second kappa shape index (κ2) is 10.8. The quantitative estimate of drug-likeness (QED) is 0.386. The summed E-state index contributed by atoms with van der Waals surface area (Å²) in [6.07, 6.45) is 1.61. The van der Waals surface area contributed by atoms with Gasteiger partial charge in [-0.2, -0.15) is 25.3 Å². The Kier molecular flexibility index (Phi) is 10.5. The van der Waals surface area contributed by atoms with E-state index in [1.807, 2.05) is 0 Å². The molecule has 0 atom stereocenters. The maximum atomic E-state index is 11.3. The lowest BCUT2D eigenvalue weighted by Crippen LogP contribution is -2.24. The number of hydrogen-bond donors (Lipinski definition) is 2. The van der Waals surface area contributed by atoms with Crippen LogP contribution in [0.5, 0.6) is 0 Å². The van der Waals surface area contributed by atoms with Crippen molar-refractivity contribution in [2.45, 2.75) is 45.3 Å². The summed E-state index contributed by atoms with van der Waals surface area (Å²) in [5.41, 5.74) is 0. The molecule has 4 nitrogen and oxygen atoms in total. The summed E-state index contributed by atoms with van der Waals surface area (Å²) < 4.78 is 10.0. The smallest absolute Gasteiger partial charge is 0.308 e. The predicted octanol–water partition coefficient (Wildman–Crippen LogP) is 2.23.